The Morgan fingerprint density at radius 2 is 1.93 bits per heavy atom. The highest BCUT2D eigenvalue weighted by Crippen LogP contribution is 2.24. The maximum absolute atomic E-state index is 12.2. The maximum Gasteiger partial charge on any atom is 0.267 e. The summed E-state index contributed by atoms with van der Waals surface area (Å²) in [7, 11) is 0. The van der Waals surface area contributed by atoms with Gasteiger partial charge in [0.2, 0.25) is 5.91 Å². The highest BCUT2D eigenvalue weighted by Gasteiger charge is 2.21. The Bertz CT molecular complexity index is 995. The van der Waals surface area contributed by atoms with E-state index in [1.165, 1.54) is 27.6 Å². The molecular weight excluding hydrogens is 386 g/mol. The Labute approximate surface area is 173 Å². The Kier molecular flexibility index (Phi) is 6.00. The van der Waals surface area contributed by atoms with Crippen molar-refractivity contribution in [2.24, 2.45) is 5.92 Å². The highest BCUT2D eigenvalue weighted by molar-refractivity contribution is 7.13. The quantitative estimate of drug-likeness (QED) is 0.677. The van der Waals surface area contributed by atoms with Gasteiger partial charge >= 0.3 is 0 Å². The van der Waals surface area contributed by atoms with Crippen molar-refractivity contribution < 1.29 is 4.79 Å². The fourth-order valence-electron chi connectivity index (χ4n) is 3.61. The highest BCUT2D eigenvalue weighted by atomic mass is 32.1. The van der Waals surface area contributed by atoms with Crippen LogP contribution in [0.1, 0.15) is 18.4 Å². The van der Waals surface area contributed by atoms with E-state index in [2.05, 4.69) is 44.6 Å². The van der Waals surface area contributed by atoms with Gasteiger partial charge in [-0.1, -0.05) is 30.3 Å². The third-order valence-corrected chi connectivity index (χ3v) is 5.82. The van der Waals surface area contributed by atoms with Crippen LogP contribution in [0, 0.1) is 5.92 Å². The number of nitrogens with one attached hydrogen (secondary N) is 1. The Morgan fingerprint density at radius 3 is 2.66 bits per heavy atom. The van der Waals surface area contributed by atoms with Crippen molar-refractivity contribution in [3.05, 3.63) is 70.0 Å². The first-order chi connectivity index (χ1) is 14.2. The topological polar surface area (TPSA) is 80.1 Å². The molecule has 1 aromatic carbocycles. The molecule has 3 aromatic rings. The number of carbonyl (C=O) groups excluding carboxylic acids is 1. The number of piperidine rings is 1. The van der Waals surface area contributed by atoms with Crippen LogP contribution in [-0.2, 0) is 17.8 Å². The van der Waals surface area contributed by atoms with E-state index in [-0.39, 0.29) is 18.0 Å². The molecule has 0 radical (unpaired) electrons. The predicted molar refractivity (Wildman–Crippen MR) is 114 cm³/mol. The van der Waals surface area contributed by atoms with E-state index in [0.717, 1.165) is 38.2 Å². The van der Waals surface area contributed by atoms with Crippen molar-refractivity contribution in [2.45, 2.75) is 25.8 Å². The predicted octanol–water partition coefficient (Wildman–Crippen LogP) is 2.80. The van der Waals surface area contributed by atoms with Crippen LogP contribution in [0.2, 0.25) is 0 Å². The van der Waals surface area contributed by atoms with Crippen molar-refractivity contribution >= 4 is 28.2 Å². The summed E-state index contributed by atoms with van der Waals surface area (Å²) in [6, 6.07) is 13.8. The molecule has 0 bridgehead atoms. The molecule has 7 nitrogen and oxygen atoms in total. The lowest BCUT2D eigenvalue weighted by Crippen LogP contribution is -2.37. The summed E-state index contributed by atoms with van der Waals surface area (Å²) in [5, 5.41) is 9.40. The monoisotopic (exact) mass is 409 g/mol. The van der Waals surface area contributed by atoms with Crippen molar-refractivity contribution in [2.75, 3.05) is 23.3 Å². The van der Waals surface area contributed by atoms with Gasteiger partial charge in [-0.15, -0.1) is 11.3 Å². The number of thiazole rings is 1. The molecule has 29 heavy (non-hydrogen) atoms. The number of nitrogens with zero attached hydrogens (tertiary/aromatic N) is 4. The van der Waals surface area contributed by atoms with Gasteiger partial charge in [-0.3, -0.25) is 9.59 Å². The van der Waals surface area contributed by atoms with Gasteiger partial charge in [0.25, 0.3) is 5.56 Å². The second-order valence-corrected chi connectivity index (χ2v) is 8.09. The first-order valence-corrected chi connectivity index (χ1v) is 10.6. The molecule has 1 aliphatic rings. The largest absolute Gasteiger partial charge is 0.355 e. The lowest BCUT2D eigenvalue weighted by molar-refractivity contribution is -0.117. The molecule has 0 spiro atoms. The number of hydrogen-bond acceptors (Lipinski definition) is 6. The van der Waals surface area contributed by atoms with Crippen LogP contribution < -0.4 is 15.8 Å². The SMILES string of the molecule is O=C(Cn1nc(N2CCC(Cc3ccccc3)CC2)ccc1=O)Nc1nccs1. The standard InChI is InChI=1S/C21H23N5O2S/c27-19(23-21-22-10-13-29-21)15-26-20(28)7-6-18(24-26)25-11-8-17(9-12-25)14-16-4-2-1-3-5-16/h1-7,10,13,17H,8-9,11-12,14-15H2,(H,22,23,27). The van der Waals surface area contributed by atoms with Gasteiger partial charge in [0.1, 0.15) is 12.4 Å². The van der Waals surface area contributed by atoms with Crippen LogP contribution in [-0.4, -0.2) is 33.8 Å². The van der Waals surface area contributed by atoms with Gasteiger partial charge < -0.3 is 10.2 Å². The van der Waals surface area contributed by atoms with Gasteiger partial charge in [0.05, 0.1) is 0 Å². The lowest BCUT2D eigenvalue weighted by Gasteiger charge is -2.33. The zero-order valence-electron chi connectivity index (χ0n) is 16.0. The van der Waals surface area contributed by atoms with Gasteiger partial charge in [-0.25, -0.2) is 9.67 Å². The summed E-state index contributed by atoms with van der Waals surface area (Å²) >= 11 is 1.33. The van der Waals surface area contributed by atoms with Crippen molar-refractivity contribution in [1.29, 1.82) is 0 Å². The first kappa shape index (κ1) is 19.3. The molecule has 3 heterocycles. The number of hydrogen-bond donors (Lipinski definition) is 1. The molecule has 150 valence electrons. The van der Waals surface area contributed by atoms with Gasteiger partial charge in [-0.05, 0) is 36.8 Å². The number of rotatable bonds is 6. The number of anilines is 2. The summed E-state index contributed by atoms with van der Waals surface area (Å²) < 4.78 is 1.22. The van der Waals surface area contributed by atoms with Crippen LogP contribution in [0.15, 0.2) is 58.8 Å². The minimum absolute atomic E-state index is 0.128. The average molecular weight is 410 g/mol. The molecule has 1 amide bonds. The van der Waals surface area contributed by atoms with E-state index in [1.54, 1.807) is 17.6 Å². The van der Waals surface area contributed by atoms with Crippen LogP contribution in [0.5, 0.6) is 0 Å². The number of aromatic nitrogens is 3. The third-order valence-electron chi connectivity index (χ3n) is 5.13. The molecule has 0 unspecified atom stereocenters. The molecule has 2 aromatic heterocycles. The average Bonchev–Trinajstić information content (AvgIpc) is 3.24. The summed E-state index contributed by atoms with van der Waals surface area (Å²) in [6.07, 6.45) is 4.88. The smallest absolute Gasteiger partial charge is 0.267 e. The van der Waals surface area contributed by atoms with Gasteiger partial charge in [-0.2, -0.15) is 5.10 Å². The van der Waals surface area contributed by atoms with E-state index >= 15 is 0 Å². The normalized spacial score (nSPS) is 14.7. The molecule has 1 aliphatic heterocycles. The minimum atomic E-state index is -0.312. The Hall–Kier alpha value is -3.00. The van der Waals surface area contributed by atoms with E-state index < -0.39 is 0 Å². The molecule has 0 saturated carbocycles. The Morgan fingerprint density at radius 1 is 1.14 bits per heavy atom. The third kappa shape index (κ3) is 5.08. The van der Waals surface area contributed by atoms with Crippen molar-refractivity contribution in [3.8, 4) is 0 Å². The zero-order valence-corrected chi connectivity index (χ0v) is 16.8. The van der Waals surface area contributed by atoms with E-state index in [4.69, 9.17) is 0 Å². The molecule has 1 fully saturated rings. The van der Waals surface area contributed by atoms with Crippen molar-refractivity contribution in [3.63, 3.8) is 0 Å². The maximum atomic E-state index is 12.2. The molecular formula is C21H23N5O2S. The first-order valence-electron chi connectivity index (χ1n) is 9.74. The van der Waals surface area contributed by atoms with Crippen LogP contribution >= 0.6 is 11.3 Å². The molecule has 0 atom stereocenters. The fraction of sp³-hybridized carbons (Fsp3) is 0.333. The zero-order chi connectivity index (χ0) is 20.1. The van der Waals surface area contributed by atoms with Crippen LogP contribution in [0.3, 0.4) is 0 Å². The molecule has 1 saturated heterocycles. The molecule has 0 aliphatic carbocycles. The summed E-state index contributed by atoms with van der Waals surface area (Å²) in [4.78, 5) is 30.5. The summed E-state index contributed by atoms with van der Waals surface area (Å²) in [5.74, 6) is 1.08. The molecule has 4 rings (SSSR count). The number of carbonyl (C=O) groups is 1. The van der Waals surface area contributed by atoms with Gasteiger partial charge in [0.15, 0.2) is 5.13 Å². The van der Waals surface area contributed by atoms with E-state index in [9.17, 15) is 9.59 Å². The van der Waals surface area contributed by atoms with Crippen molar-refractivity contribution in [1.82, 2.24) is 14.8 Å². The van der Waals surface area contributed by atoms with Crippen LogP contribution in [0.25, 0.3) is 0 Å². The minimum Gasteiger partial charge on any atom is -0.355 e. The van der Waals surface area contributed by atoms with Crippen LogP contribution in [0.4, 0.5) is 10.9 Å². The number of amides is 1. The number of benzene rings is 1. The lowest BCUT2D eigenvalue weighted by atomic mass is 9.90. The fourth-order valence-corrected chi connectivity index (χ4v) is 4.16. The summed E-state index contributed by atoms with van der Waals surface area (Å²) in [6.45, 7) is 1.67. The van der Waals surface area contributed by atoms with E-state index in [0.29, 0.717) is 11.0 Å². The Balaban J connectivity index is 1.36. The summed E-state index contributed by atoms with van der Waals surface area (Å²) in [5.41, 5.74) is 1.09. The second-order valence-electron chi connectivity index (χ2n) is 7.19. The second kappa shape index (κ2) is 9.00. The van der Waals surface area contributed by atoms with E-state index in [1.807, 2.05) is 6.07 Å². The molecule has 8 heteroatoms. The molecule has 1 N–H and O–H groups in total. The van der Waals surface area contributed by atoms with Gasteiger partial charge in [0, 0.05) is 30.7 Å².